The molecule has 0 bridgehead atoms. The van der Waals surface area contributed by atoms with Crippen LogP contribution in [0.5, 0.6) is 0 Å². The maximum Gasteiger partial charge on any atom is 0.143 e. The second-order valence-corrected chi connectivity index (χ2v) is 38.0. The third kappa shape index (κ3) is 14.9. The lowest BCUT2D eigenvalue weighted by Crippen LogP contribution is -2.28. The molecule has 0 aliphatic heterocycles. The molecule has 0 radical (unpaired) electrons. The molecule has 0 spiro atoms. The zero-order valence-electron chi connectivity index (χ0n) is 89.6. The number of hydrogen-bond acceptors (Lipinski definition) is 1. The molecule has 1 nitrogen and oxygen atoms in total. The molecule has 0 amide bonds. The van der Waals surface area contributed by atoms with Gasteiger partial charge in [0.1, 0.15) is 11.2 Å². The second kappa shape index (κ2) is 37.6. The zero-order valence-corrected chi connectivity index (χ0v) is 80.6. The molecule has 148 heavy (non-hydrogen) atoms. The Balaban J connectivity index is 0.000000102. The predicted molar refractivity (Wildman–Crippen MR) is 632 cm³/mol. The lowest BCUT2D eigenvalue weighted by atomic mass is 9.67. The molecular weight excluding hydrogens is 1780 g/mol. The van der Waals surface area contributed by atoms with Gasteiger partial charge in [-0.25, -0.2) is 0 Å². The number of fused-ring (bicyclic) bond motifs is 18. The molecule has 0 unspecified atom stereocenters. The van der Waals surface area contributed by atoms with Crippen molar-refractivity contribution in [3.8, 4) is 111 Å². The van der Waals surface area contributed by atoms with E-state index in [0.29, 0.717) is 16.3 Å². The summed E-state index contributed by atoms with van der Waals surface area (Å²) in [6.45, 7) is 0. The highest BCUT2D eigenvalue weighted by atomic mass is 16.3. The van der Waals surface area contributed by atoms with E-state index in [0.717, 1.165) is 120 Å². The van der Waals surface area contributed by atoms with Crippen LogP contribution in [0.3, 0.4) is 0 Å². The van der Waals surface area contributed by atoms with Gasteiger partial charge in [-0.15, -0.1) is 0 Å². The lowest BCUT2D eigenvalue weighted by molar-refractivity contribution is 0.670. The number of hydrogen-bond donors (Lipinski definition) is 0. The van der Waals surface area contributed by atoms with Crippen molar-refractivity contribution in [1.82, 2.24) is 0 Å². The Morgan fingerprint density at radius 2 is 0.453 bits per heavy atom. The van der Waals surface area contributed by atoms with Gasteiger partial charge in [-0.2, -0.15) is 0 Å². The van der Waals surface area contributed by atoms with Crippen LogP contribution in [0.15, 0.2) is 587 Å². The molecule has 0 N–H and O–H groups in total. The van der Waals surface area contributed by atoms with Crippen LogP contribution in [-0.4, -0.2) is 0 Å². The molecule has 1 aliphatic carbocycles. The van der Waals surface area contributed by atoms with Crippen molar-refractivity contribution >= 4 is 140 Å². The van der Waals surface area contributed by atoms with Gasteiger partial charge in [0.05, 0.1) is 17.8 Å². The van der Waals surface area contributed by atoms with Crippen molar-refractivity contribution in [2.75, 3.05) is 0 Å². The van der Waals surface area contributed by atoms with E-state index in [1.165, 1.54) is 132 Å². The van der Waals surface area contributed by atoms with E-state index in [1.54, 1.807) is 0 Å². The summed E-state index contributed by atoms with van der Waals surface area (Å²) in [6, 6.07) is 184. The van der Waals surface area contributed by atoms with Crippen molar-refractivity contribution in [3.05, 3.63) is 604 Å². The standard InChI is InChI=1S/C45H30.C36H24.C34H22.C32H20O/c1-4-16-31(17-5-1)43-37-23-10-12-25-39(37)44(40-26-13-11-24-38(40)43)32-28-29-36-35-22-14-15-27-41(35)45(42(36)30-32,33-18-6-2-7-19-33)34-20-8-3-9-21-34;1-2-12-27(13-3-1)35-31-16-6-8-18-33(31)36(34-19-9-7-17-32(34)35)28-23-21-26(22-24-28)30-20-10-14-25-11-4-5-15-29(25)30;1-2-12-23(13-3-1)33-28-18-8-10-20-30(28)34(31-21-11-9-19-29(31)33)32-22-24-14-4-5-15-25(24)26-16-6-7-17-27(26)32;1-2-11-21(12-3-1)30-23-14-4-6-16-25(23)31(26-17-7-5-15-24(26)30)28-19-10-18-27-22-13-8-9-20-29(22)33-32(27)28/h1-30H;1-24H;1-22H;1-20H/i;1D,2D,3D,12D,13D;8D,10D,18D,20D;. The second-order valence-electron chi connectivity index (χ2n) is 38.0. The summed E-state index contributed by atoms with van der Waals surface area (Å²) in [4.78, 5) is 0. The minimum atomic E-state index is -0.431. The average Bonchev–Trinajstić information content (AvgIpc) is 1.54. The highest BCUT2D eigenvalue weighted by Crippen LogP contribution is 2.59. The largest absolute Gasteiger partial charge is 0.455 e. The Morgan fingerprint density at radius 1 is 0.149 bits per heavy atom. The van der Waals surface area contributed by atoms with Crippen LogP contribution < -0.4 is 0 Å². The SMILES string of the molecule is [2H]c1c([2H])c([2H])c(-c2c3ccccc3c(-c3ccc(-c4cccc5ccccc45)cc3)c3ccccc23)c([2H])c1[2H].[2H]c1c([2H])c([2H])c2c(-c3cc4ccccc4c4ccccc34)c3ccccc3c(-c3ccccc3)c2c1[2H].c1ccc(-c2c3ccccc3c(-c3ccc4c(c3)C(c3ccccc3)(c3ccccc3)c3ccccc3-4)c3ccccc23)cc1.c1ccc(-c2c3ccccc3c(-c3cccc4c3oc3ccccc34)c3ccccc23)cc1. The van der Waals surface area contributed by atoms with Crippen molar-refractivity contribution in [2.24, 2.45) is 0 Å². The fourth-order valence-corrected chi connectivity index (χ4v) is 23.9. The highest BCUT2D eigenvalue weighted by Gasteiger charge is 2.46. The fraction of sp³-hybridized carbons (Fsp3) is 0.00680. The summed E-state index contributed by atoms with van der Waals surface area (Å²) in [5, 5.41) is 25.9. The fourth-order valence-electron chi connectivity index (χ4n) is 23.9. The van der Waals surface area contributed by atoms with Gasteiger partial charge in [0.2, 0.25) is 0 Å². The summed E-state index contributed by atoms with van der Waals surface area (Å²) < 4.78 is 84.0. The molecule has 0 saturated carbocycles. The van der Waals surface area contributed by atoms with Crippen LogP contribution >= 0.6 is 0 Å². The third-order valence-corrected chi connectivity index (χ3v) is 30.1. The molecule has 1 aliphatic rings. The van der Waals surface area contributed by atoms with E-state index in [-0.39, 0.29) is 59.9 Å². The molecule has 0 fully saturated rings. The van der Waals surface area contributed by atoms with Gasteiger partial charge in [0, 0.05) is 21.9 Å². The van der Waals surface area contributed by atoms with Gasteiger partial charge < -0.3 is 4.42 Å². The van der Waals surface area contributed by atoms with Crippen LogP contribution in [0.4, 0.5) is 0 Å². The molecule has 1 aromatic heterocycles. The quantitative estimate of drug-likeness (QED) is 0.0929. The first kappa shape index (κ1) is 78.4. The zero-order chi connectivity index (χ0) is 106. The van der Waals surface area contributed by atoms with E-state index < -0.39 is 5.41 Å². The normalized spacial score (nSPS) is 12.8. The monoisotopic (exact) mass is 1890 g/mol. The summed E-state index contributed by atoms with van der Waals surface area (Å²) >= 11 is 0. The summed E-state index contributed by atoms with van der Waals surface area (Å²) in [7, 11) is 0. The predicted octanol–water partition coefficient (Wildman–Crippen LogP) is 40.7. The van der Waals surface area contributed by atoms with Gasteiger partial charge >= 0.3 is 0 Å². The van der Waals surface area contributed by atoms with Crippen LogP contribution in [0.25, 0.3) is 252 Å². The van der Waals surface area contributed by atoms with Crippen LogP contribution in [0, 0.1) is 0 Å². The number of furan rings is 1. The summed E-state index contributed by atoms with van der Waals surface area (Å²) in [6.07, 6.45) is 0. The maximum atomic E-state index is 9.13. The molecule has 1 heteroatoms. The Hall–Kier alpha value is -19.2. The lowest BCUT2D eigenvalue weighted by Gasteiger charge is -2.34. The van der Waals surface area contributed by atoms with Crippen LogP contribution in [0.2, 0.25) is 0 Å². The molecule has 30 rings (SSSR count). The Kier molecular flexibility index (Phi) is 19.9. The van der Waals surface area contributed by atoms with Crippen molar-refractivity contribution in [2.45, 2.75) is 5.41 Å². The first-order valence-corrected chi connectivity index (χ1v) is 50.5. The maximum absolute atomic E-state index is 9.13. The molecule has 690 valence electrons. The first-order valence-electron chi connectivity index (χ1n) is 55.0. The van der Waals surface area contributed by atoms with Gasteiger partial charge in [-0.1, -0.05) is 564 Å². The molecule has 29 aromatic rings. The van der Waals surface area contributed by atoms with E-state index in [2.05, 4.69) is 413 Å². The van der Waals surface area contributed by atoms with Gasteiger partial charge in [0.25, 0.3) is 0 Å². The van der Waals surface area contributed by atoms with E-state index in [4.69, 9.17) is 16.8 Å². The average molecular weight is 1890 g/mol. The minimum Gasteiger partial charge on any atom is -0.455 e. The van der Waals surface area contributed by atoms with Gasteiger partial charge in [-0.3, -0.25) is 0 Å². The highest BCUT2D eigenvalue weighted by molar-refractivity contribution is 6.29. The van der Waals surface area contributed by atoms with Gasteiger partial charge in [0.15, 0.2) is 0 Å². The third-order valence-electron chi connectivity index (χ3n) is 30.1. The molecule has 28 aromatic carbocycles. The number of para-hydroxylation sites is 2. The Labute approximate surface area is 872 Å². The van der Waals surface area contributed by atoms with E-state index in [1.807, 2.05) is 115 Å². The van der Waals surface area contributed by atoms with Crippen molar-refractivity contribution in [1.29, 1.82) is 0 Å². The molecule has 1 heterocycles. The van der Waals surface area contributed by atoms with E-state index >= 15 is 0 Å². The van der Waals surface area contributed by atoms with Crippen molar-refractivity contribution < 1.29 is 16.8 Å². The summed E-state index contributed by atoms with van der Waals surface area (Å²) in [5.74, 6) is 0. The number of benzene rings is 28. The first-order chi connectivity index (χ1) is 77.3. The summed E-state index contributed by atoms with van der Waals surface area (Å²) in [5.41, 5.74) is 28.1. The minimum absolute atomic E-state index is 0.0167. The van der Waals surface area contributed by atoms with Crippen LogP contribution in [-0.2, 0) is 5.41 Å². The van der Waals surface area contributed by atoms with Crippen molar-refractivity contribution in [3.63, 3.8) is 0 Å². The molecule has 0 saturated heterocycles. The molecule has 0 atom stereocenters. The van der Waals surface area contributed by atoms with Crippen LogP contribution in [0.1, 0.15) is 34.6 Å². The van der Waals surface area contributed by atoms with Gasteiger partial charge in [-0.05, 0) is 259 Å². The topological polar surface area (TPSA) is 13.1 Å². The molecular formula is C147H96O. The smallest absolute Gasteiger partial charge is 0.143 e. The Bertz CT molecular complexity index is 10600. The Morgan fingerprint density at radius 3 is 0.946 bits per heavy atom. The number of rotatable bonds is 11. The van der Waals surface area contributed by atoms with E-state index in [9.17, 15) is 0 Å².